The van der Waals surface area contributed by atoms with E-state index in [1.54, 1.807) is 28.0 Å². The summed E-state index contributed by atoms with van der Waals surface area (Å²) in [5.74, 6) is 0.128. The van der Waals surface area contributed by atoms with Gasteiger partial charge >= 0.3 is 12.0 Å². The molecule has 5 rings (SSSR count). The van der Waals surface area contributed by atoms with Gasteiger partial charge in [-0.05, 0) is 73.0 Å². The molecule has 238 valence electrons. The van der Waals surface area contributed by atoms with Crippen molar-refractivity contribution >= 4 is 46.8 Å². The van der Waals surface area contributed by atoms with Gasteiger partial charge in [0.05, 0.1) is 6.42 Å². The van der Waals surface area contributed by atoms with Crippen molar-refractivity contribution in [3.63, 3.8) is 0 Å². The van der Waals surface area contributed by atoms with Crippen molar-refractivity contribution in [3.05, 3.63) is 124 Å². The Morgan fingerprint density at radius 1 is 0.891 bits per heavy atom. The molecule has 1 heterocycles. The molecule has 1 aliphatic rings. The lowest BCUT2D eigenvalue weighted by Gasteiger charge is -2.47. The van der Waals surface area contributed by atoms with Crippen LogP contribution in [0, 0.1) is 12.3 Å². The number of ether oxygens (including phenoxy) is 1. The van der Waals surface area contributed by atoms with E-state index in [9.17, 15) is 19.5 Å². The molecule has 0 bridgehead atoms. The number of nitrogens with zero attached hydrogens (tertiary/aromatic N) is 2. The zero-order chi connectivity index (χ0) is 32.7. The number of nitrogens with one attached hydrogen (secondary N) is 1. The Labute approximate surface area is 278 Å². The Morgan fingerprint density at radius 3 is 2.26 bits per heavy atom. The summed E-state index contributed by atoms with van der Waals surface area (Å²) in [7, 11) is 0. The number of carbonyl (C=O) groups excluding carboxylic acids is 2. The first-order valence-electron chi connectivity index (χ1n) is 15.0. The van der Waals surface area contributed by atoms with Crippen LogP contribution < -0.4 is 15.0 Å². The number of aliphatic carboxylic acids is 1. The molecule has 8 nitrogen and oxygen atoms in total. The lowest BCUT2D eigenvalue weighted by molar-refractivity contribution is -0.140. The normalized spacial score (nSPS) is 16.3. The Balaban J connectivity index is 1.30. The number of para-hydroxylation sites is 1. The van der Waals surface area contributed by atoms with Gasteiger partial charge in [-0.2, -0.15) is 0 Å². The van der Waals surface area contributed by atoms with Crippen LogP contribution >= 0.6 is 23.2 Å². The molecule has 4 aromatic rings. The number of halogens is 2. The number of benzene rings is 4. The number of anilines is 1. The third-order valence-corrected chi connectivity index (χ3v) is 8.53. The minimum atomic E-state index is -1.07. The van der Waals surface area contributed by atoms with E-state index in [1.165, 1.54) is 0 Å². The molecule has 0 saturated carbocycles. The largest absolute Gasteiger partial charge is 0.481 e. The maximum Gasteiger partial charge on any atom is 0.324 e. The number of rotatable bonds is 12. The highest BCUT2D eigenvalue weighted by atomic mass is 35.5. The SMILES string of the molecule is Cc1ccc(N2CC(CC(=O)O)(CC(=O)NCCc3ccc(Oc4ccccc4)cc3)CN(Cc3ccc(Cl)cc3Cl)C2=O)cc1. The molecular formula is C36H35Cl2N3O5. The zero-order valence-electron chi connectivity index (χ0n) is 25.4. The van der Waals surface area contributed by atoms with Gasteiger partial charge in [-0.1, -0.05) is 77.3 Å². The smallest absolute Gasteiger partial charge is 0.324 e. The van der Waals surface area contributed by atoms with Crippen molar-refractivity contribution in [2.45, 2.75) is 32.7 Å². The fourth-order valence-corrected chi connectivity index (χ4v) is 6.18. The third-order valence-electron chi connectivity index (χ3n) is 7.94. The number of amides is 3. The van der Waals surface area contributed by atoms with Crippen LogP contribution in [-0.4, -0.2) is 47.5 Å². The van der Waals surface area contributed by atoms with Gasteiger partial charge in [0.1, 0.15) is 11.5 Å². The highest BCUT2D eigenvalue weighted by molar-refractivity contribution is 6.35. The predicted octanol–water partition coefficient (Wildman–Crippen LogP) is 7.75. The van der Waals surface area contributed by atoms with Crippen LogP contribution in [0.2, 0.25) is 10.0 Å². The van der Waals surface area contributed by atoms with Crippen LogP contribution in [0.1, 0.15) is 29.5 Å². The van der Waals surface area contributed by atoms with Crippen LogP contribution in [0.25, 0.3) is 0 Å². The maximum atomic E-state index is 13.8. The summed E-state index contributed by atoms with van der Waals surface area (Å²) in [6.07, 6.45) is 0.200. The van der Waals surface area contributed by atoms with E-state index < -0.39 is 11.4 Å². The summed E-state index contributed by atoms with van der Waals surface area (Å²) < 4.78 is 5.85. The number of hydrogen-bond donors (Lipinski definition) is 2. The first-order valence-corrected chi connectivity index (χ1v) is 15.7. The monoisotopic (exact) mass is 659 g/mol. The van der Waals surface area contributed by atoms with Gasteiger partial charge in [-0.15, -0.1) is 0 Å². The fourth-order valence-electron chi connectivity index (χ4n) is 5.71. The summed E-state index contributed by atoms with van der Waals surface area (Å²) in [6.45, 7) is 2.58. The minimum Gasteiger partial charge on any atom is -0.481 e. The molecule has 2 N–H and O–H groups in total. The van der Waals surface area contributed by atoms with Gasteiger partial charge in [-0.3, -0.25) is 14.5 Å². The van der Waals surface area contributed by atoms with Crippen molar-refractivity contribution in [1.29, 1.82) is 0 Å². The van der Waals surface area contributed by atoms with E-state index >= 15 is 0 Å². The molecule has 1 saturated heterocycles. The van der Waals surface area contributed by atoms with E-state index in [2.05, 4.69) is 5.32 Å². The molecular weight excluding hydrogens is 625 g/mol. The number of carboxylic acid groups (broad SMARTS) is 1. The lowest BCUT2D eigenvalue weighted by atomic mass is 9.78. The molecule has 10 heteroatoms. The molecule has 1 unspecified atom stereocenters. The van der Waals surface area contributed by atoms with Gasteiger partial charge in [0.15, 0.2) is 0 Å². The number of carbonyl (C=O) groups is 3. The van der Waals surface area contributed by atoms with Crippen molar-refractivity contribution in [2.75, 3.05) is 24.5 Å². The second-order valence-electron chi connectivity index (χ2n) is 11.7. The van der Waals surface area contributed by atoms with Gasteiger partial charge in [0.25, 0.3) is 0 Å². The molecule has 1 aliphatic heterocycles. The Hall–Kier alpha value is -4.53. The average Bonchev–Trinajstić information content (AvgIpc) is 3.02. The lowest BCUT2D eigenvalue weighted by Crippen LogP contribution is -2.60. The second-order valence-corrected chi connectivity index (χ2v) is 12.5. The minimum absolute atomic E-state index is 0.0652. The van der Waals surface area contributed by atoms with Crippen LogP contribution in [-0.2, 0) is 22.6 Å². The van der Waals surface area contributed by atoms with E-state index in [1.807, 2.05) is 85.8 Å². The van der Waals surface area contributed by atoms with Crippen molar-refractivity contribution in [2.24, 2.45) is 5.41 Å². The number of aryl methyl sites for hydroxylation is 1. The van der Waals surface area contributed by atoms with Crippen LogP contribution in [0.4, 0.5) is 10.5 Å². The van der Waals surface area contributed by atoms with Gasteiger partial charge in [-0.25, -0.2) is 4.79 Å². The Kier molecular flexibility index (Phi) is 10.5. The third kappa shape index (κ3) is 8.59. The van der Waals surface area contributed by atoms with Gasteiger partial charge in [0.2, 0.25) is 5.91 Å². The standard InChI is InChI=1S/C36H35Cl2N3O5/c1-25-7-13-29(14-8-25)41-24-36(21-34(43)44,23-40(35(41)45)22-27-11-12-28(37)19-32(27)38)20-33(42)39-18-17-26-9-15-31(16-10-26)46-30-5-3-2-4-6-30/h2-16,19H,17-18,20-24H2,1H3,(H,39,42)(H,43,44). The summed E-state index contributed by atoms with van der Waals surface area (Å²) in [5, 5.41) is 13.8. The number of hydrogen-bond acceptors (Lipinski definition) is 4. The topological polar surface area (TPSA) is 99.2 Å². The Bertz CT molecular complexity index is 1680. The van der Waals surface area contributed by atoms with Gasteiger partial charge < -0.3 is 20.1 Å². The van der Waals surface area contributed by atoms with Crippen molar-refractivity contribution < 1.29 is 24.2 Å². The summed E-state index contributed by atoms with van der Waals surface area (Å²) in [4.78, 5) is 42.6. The van der Waals surface area contributed by atoms with Crippen LogP contribution in [0.3, 0.4) is 0 Å². The van der Waals surface area contributed by atoms with E-state index in [4.69, 9.17) is 27.9 Å². The molecule has 4 aromatic carbocycles. The van der Waals surface area contributed by atoms with Gasteiger partial charge in [0, 0.05) is 53.7 Å². The summed E-state index contributed by atoms with van der Waals surface area (Å²) in [5.41, 5.74) is 2.26. The van der Waals surface area contributed by atoms with E-state index in [-0.39, 0.29) is 44.4 Å². The quantitative estimate of drug-likeness (QED) is 0.162. The molecule has 1 atom stereocenters. The number of urea groups is 1. The summed E-state index contributed by atoms with van der Waals surface area (Å²) >= 11 is 12.6. The van der Waals surface area contributed by atoms with Crippen molar-refractivity contribution in [1.82, 2.24) is 10.2 Å². The highest BCUT2D eigenvalue weighted by Gasteiger charge is 2.46. The zero-order valence-corrected chi connectivity index (χ0v) is 26.9. The molecule has 3 amide bonds. The predicted molar refractivity (Wildman–Crippen MR) is 180 cm³/mol. The molecule has 1 fully saturated rings. The van der Waals surface area contributed by atoms with E-state index in [0.29, 0.717) is 40.0 Å². The van der Waals surface area contributed by atoms with Crippen LogP contribution in [0.15, 0.2) is 97.1 Å². The highest BCUT2D eigenvalue weighted by Crippen LogP contribution is 2.37. The molecule has 0 spiro atoms. The van der Waals surface area contributed by atoms with Crippen molar-refractivity contribution in [3.8, 4) is 11.5 Å². The first-order chi connectivity index (χ1) is 22.1. The molecule has 46 heavy (non-hydrogen) atoms. The first kappa shape index (κ1) is 32.9. The number of carboxylic acids is 1. The van der Waals surface area contributed by atoms with E-state index in [0.717, 1.165) is 16.9 Å². The molecule has 0 aliphatic carbocycles. The fraction of sp³-hybridized carbons (Fsp3) is 0.250. The Morgan fingerprint density at radius 2 is 1.59 bits per heavy atom. The summed E-state index contributed by atoms with van der Waals surface area (Å²) in [6, 6.07) is 29.3. The molecule has 0 aromatic heterocycles. The second kappa shape index (κ2) is 14.7. The molecule has 0 radical (unpaired) electrons. The maximum absolute atomic E-state index is 13.8. The van der Waals surface area contributed by atoms with Crippen LogP contribution in [0.5, 0.6) is 11.5 Å². The average molecular weight is 661 g/mol.